The van der Waals surface area contributed by atoms with Gasteiger partial charge in [-0.05, 0) is 30.2 Å². The predicted octanol–water partition coefficient (Wildman–Crippen LogP) is 3.11. The third-order valence-corrected chi connectivity index (χ3v) is 4.37. The van der Waals surface area contributed by atoms with E-state index in [0.29, 0.717) is 36.9 Å². The number of hydrogen-bond acceptors (Lipinski definition) is 4. The summed E-state index contributed by atoms with van der Waals surface area (Å²) in [6.07, 6.45) is 2.74. The largest absolute Gasteiger partial charge is 0.493 e. The molecular weight excluding hydrogens is 358 g/mol. The topological polar surface area (TPSA) is 84.6 Å². The molecular formula is C21H25N3O4. The first-order valence-corrected chi connectivity index (χ1v) is 9.13. The third kappa shape index (κ3) is 4.68. The number of nitrogens with one attached hydrogen (secondary N) is 3. The third-order valence-electron chi connectivity index (χ3n) is 4.37. The van der Waals surface area contributed by atoms with Gasteiger partial charge in [0.05, 0.1) is 20.8 Å². The molecule has 2 amide bonds. The van der Waals surface area contributed by atoms with E-state index in [1.807, 2.05) is 30.5 Å². The second-order valence-electron chi connectivity index (χ2n) is 6.13. The average Bonchev–Trinajstić information content (AvgIpc) is 3.14. The fourth-order valence-corrected chi connectivity index (χ4v) is 3.01. The second kappa shape index (κ2) is 9.55. The standard InChI is InChI=1S/C21H25N3O4/c1-26-18-8-5-9-19(20(18)27-2)28-13-12-23-21(25)22-11-10-15-14-24-17-7-4-3-6-16(15)17/h3-9,14,24H,10-13H2,1-2H3,(H2,22,23,25). The van der Waals surface area contributed by atoms with Crippen LogP contribution in [0.25, 0.3) is 10.9 Å². The minimum atomic E-state index is -0.221. The zero-order valence-corrected chi connectivity index (χ0v) is 16.1. The molecule has 3 N–H and O–H groups in total. The van der Waals surface area contributed by atoms with Crippen molar-refractivity contribution < 1.29 is 19.0 Å². The molecule has 0 bridgehead atoms. The molecule has 0 aliphatic carbocycles. The Bertz CT molecular complexity index is 923. The average molecular weight is 383 g/mol. The first-order valence-electron chi connectivity index (χ1n) is 9.13. The number of carbonyl (C=O) groups is 1. The molecule has 0 radical (unpaired) electrons. The molecule has 7 heteroatoms. The molecule has 3 rings (SSSR count). The highest BCUT2D eigenvalue weighted by atomic mass is 16.5. The highest BCUT2D eigenvalue weighted by molar-refractivity contribution is 5.83. The number of ether oxygens (including phenoxy) is 3. The lowest BCUT2D eigenvalue weighted by molar-refractivity contribution is 0.235. The molecule has 0 fully saturated rings. The van der Waals surface area contributed by atoms with Gasteiger partial charge >= 0.3 is 6.03 Å². The number of methoxy groups -OCH3 is 2. The molecule has 7 nitrogen and oxygen atoms in total. The number of rotatable bonds is 9. The molecule has 0 aliphatic heterocycles. The SMILES string of the molecule is COc1cccc(OCCNC(=O)NCCc2c[nH]c3ccccc23)c1OC. The number of benzene rings is 2. The van der Waals surface area contributed by atoms with Crippen LogP contribution in [0, 0.1) is 0 Å². The molecule has 0 saturated heterocycles. The van der Waals surface area contributed by atoms with Crippen LogP contribution in [-0.4, -0.2) is 44.9 Å². The number of fused-ring (bicyclic) bond motifs is 1. The van der Waals surface area contributed by atoms with Gasteiger partial charge in [-0.2, -0.15) is 0 Å². The lowest BCUT2D eigenvalue weighted by Crippen LogP contribution is -2.38. The van der Waals surface area contributed by atoms with Crippen molar-refractivity contribution in [1.82, 2.24) is 15.6 Å². The van der Waals surface area contributed by atoms with Gasteiger partial charge in [0.15, 0.2) is 11.5 Å². The molecule has 0 saturated carbocycles. The summed E-state index contributed by atoms with van der Waals surface area (Å²) in [6.45, 7) is 1.25. The summed E-state index contributed by atoms with van der Waals surface area (Å²) in [5, 5.41) is 6.83. The zero-order chi connectivity index (χ0) is 19.8. The van der Waals surface area contributed by atoms with Gasteiger partial charge in [-0.3, -0.25) is 0 Å². The number of H-pyrrole nitrogens is 1. The highest BCUT2D eigenvalue weighted by Crippen LogP contribution is 2.36. The lowest BCUT2D eigenvalue weighted by Gasteiger charge is -2.14. The van der Waals surface area contributed by atoms with Crippen LogP contribution in [0.2, 0.25) is 0 Å². The van der Waals surface area contributed by atoms with Crippen LogP contribution >= 0.6 is 0 Å². The van der Waals surface area contributed by atoms with Gasteiger partial charge in [0.1, 0.15) is 6.61 Å². The zero-order valence-electron chi connectivity index (χ0n) is 16.1. The summed E-state index contributed by atoms with van der Waals surface area (Å²) in [7, 11) is 3.13. The monoisotopic (exact) mass is 383 g/mol. The molecule has 2 aromatic carbocycles. The maximum atomic E-state index is 11.9. The Hall–Kier alpha value is -3.35. The highest BCUT2D eigenvalue weighted by Gasteiger charge is 2.10. The maximum Gasteiger partial charge on any atom is 0.314 e. The molecule has 28 heavy (non-hydrogen) atoms. The van der Waals surface area contributed by atoms with Crippen LogP contribution in [0.3, 0.4) is 0 Å². The summed E-state index contributed by atoms with van der Waals surface area (Å²) >= 11 is 0. The van der Waals surface area contributed by atoms with E-state index in [4.69, 9.17) is 14.2 Å². The Morgan fingerprint density at radius 2 is 1.75 bits per heavy atom. The Morgan fingerprint density at radius 3 is 2.57 bits per heavy atom. The van der Waals surface area contributed by atoms with Gasteiger partial charge in [-0.15, -0.1) is 0 Å². The van der Waals surface area contributed by atoms with E-state index < -0.39 is 0 Å². The number of amides is 2. The summed E-state index contributed by atoms with van der Waals surface area (Å²) in [5.74, 6) is 1.71. The first-order chi connectivity index (χ1) is 13.7. The van der Waals surface area contributed by atoms with E-state index in [9.17, 15) is 4.79 Å². The number of carbonyl (C=O) groups excluding carboxylic acids is 1. The molecule has 0 atom stereocenters. The normalized spacial score (nSPS) is 10.5. The van der Waals surface area contributed by atoms with Crippen LogP contribution in [0.1, 0.15) is 5.56 Å². The van der Waals surface area contributed by atoms with Gasteiger partial charge in [0, 0.05) is 23.6 Å². The second-order valence-corrected chi connectivity index (χ2v) is 6.13. The van der Waals surface area contributed by atoms with E-state index >= 15 is 0 Å². The first kappa shape index (κ1) is 19.4. The van der Waals surface area contributed by atoms with Gasteiger partial charge in [-0.1, -0.05) is 24.3 Å². The number of aromatic amines is 1. The van der Waals surface area contributed by atoms with Crippen molar-refractivity contribution in [3.63, 3.8) is 0 Å². The Morgan fingerprint density at radius 1 is 0.964 bits per heavy atom. The van der Waals surface area contributed by atoms with Crippen molar-refractivity contribution >= 4 is 16.9 Å². The van der Waals surface area contributed by atoms with E-state index in [1.54, 1.807) is 26.4 Å². The number of hydrogen-bond donors (Lipinski definition) is 3. The van der Waals surface area contributed by atoms with E-state index in [2.05, 4.69) is 21.7 Å². The van der Waals surface area contributed by atoms with Crippen molar-refractivity contribution in [3.05, 3.63) is 54.2 Å². The van der Waals surface area contributed by atoms with Crippen molar-refractivity contribution in [2.75, 3.05) is 33.9 Å². The van der Waals surface area contributed by atoms with E-state index in [-0.39, 0.29) is 6.03 Å². The van der Waals surface area contributed by atoms with Gasteiger partial charge in [0.25, 0.3) is 0 Å². The maximum absolute atomic E-state index is 11.9. The number of urea groups is 1. The van der Waals surface area contributed by atoms with Crippen LogP contribution in [-0.2, 0) is 6.42 Å². The van der Waals surface area contributed by atoms with Gasteiger partial charge in [-0.25, -0.2) is 4.79 Å². The van der Waals surface area contributed by atoms with Gasteiger partial charge in [0.2, 0.25) is 5.75 Å². The smallest absolute Gasteiger partial charge is 0.314 e. The molecule has 1 aromatic heterocycles. The minimum absolute atomic E-state index is 0.221. The van der Waals surface area contributed by atoms with Crippen molar-refractivity contribution in [2.45, 2.75) is 6.42 Å². The van der Waals surface area contributed by atoms with Crippen LogP contribution < -0.4 is 24.8 Å². The van der Waals surface area contributed by atoms with Crippen molar-refractivity contribution in [2.24, 2.45) is 0 Å². The summed E-state index contributed by atoms with van der Waals surface area (Å²) < 4.78 is 16.2. The molecule has 0 aliphatic rings. The van der Waals surface area contributed by atoms with Crippen LogP contribution in [0.5, 0.6) is 17.2 Å². The predicted molar refractivity (Wildman–Crippen MR) is 108 cm³/mol. The quantitative estimate of drug-likeness (QED) is 0.496. The fourth-order valence-electron chi connectivity index (χ4n) is 3.01. The summed E-state index contributed by atoms with van der Waals surface area (Å²) in [4.78, 5) is 15.2. The molecule has 1 heterocycles. The van der Waals surface area contributed by atoms with Crippen LogP contribution in [0.4, 0.5) is 4.79 Å². The van der Waals surface area contributed by atoms with Crippen molar-refractivity contribution in [1.29, 1.82) is 0 Å². The summed E-state index contributed by atoms with van der Waals surface area (Å²) in [5.41, 5.74) is 2.29. The summed E-state index contributed by atoms with van der Waals surface area (Å²) in [6, 6.07) is 13.3. The van der Waals surface area contributed by atoms with Gasteiger partial charge < -0.3 is 29.8 Å². The Balaban J connectivity index is 1.38. The fraction of sp³-hybridized carbons (Fsp3) is 0.286. The Kier molecular flexibility index (Phi) is 6.62. The minimum Gasteiger partial charge on any atom is -0.493 e. The van der Waals surface area contributed by atoms with Crippen LogP contribution in [0.15, 0.2) is 48.7 Å². The number of para-hydroxylation sites is 2. The number of aromatic nitrogens is 1. The lowest BCUT2D eigenvalue weighted by atomic mass is 10.1. The molecule has 148 valence electrons. The molecule has 0 spiro atoms. The molecule has 0 unspecified atom stereocenters. The van der Waals surface area contributed by atoms with E-state index in [1.165, 1.54) is 10.9 Å². The van der Waals surface area contributed by atoms with Crippen molar-refractivity contribution in [3.8, 4) is 17.2 Å². The molecule has 3 aromatic rings. The van der Waals surface area contributed by atoms with E-state index in [0.717, 1.165) is 11.9 Å². The Labute approximate surface area is 164 Å².